The minimum absolute atomic E-state index is 0.145. The number of carbonyl (C=O) groups excluding carboxylic acids is 1. The van der Waals surface area contributed by atoms with E-state index in [1.807, 2.05) is 18.2 Å². The summed E-state index contributed by atoms with van der Waals surface area (Å²) in [5.41, 5.74) is 1.67. The van der Waals surface area contributed by atoms with Gasteiger partial charge in [-0.2, -0.15) is 0 Å². The van der Waals surface area contributed by atoms with E-state index in [1.54, 1.807) is 30.2 Å². The number of halogens is 3. The fraction of sp³-hybridized carbons (Fsp3) is 0.316. The van der Waals surface area contributed by atoms with Gasteiger partial charge in [-0.25, -0.2) is 4.79 Å². The molecule has 144 valence electrons. The highest BCUT2D eigenvalue weighted by Crippen LogP contribution is 2.26. The molecule has 1 fully saturated rings. The first kappa shape index (κ1) is 20.1. The van der Waals surface area contributed by atoms with Crippen molar-refractivity contribution in [3.05, 3.63) is 57.0 Å². The molecule has 1 saturated heterocycles. The number of methoxy groups -OCH3 is 1. The van der Waals surface area contributed by atoms with E-state index < -0.39 is 0 Å². The minimum Gasteiger partial charge on any atom is -0.496 e. The summed E-state index contributed by atoms with van der Waals surface area (Å²) in [6, 6.07) is 10.5. The van der Waals surface area contributed by atoms with Crippen LogP contribution in [0.4, 0.5) is 10.5 Å². The Balaban J connectivity index is 1.54. The summed E-state index contributed by atoms with van der Waals surface area (Å²) >= 11 is 18.0. The highest BCUT2D eigenvalue weighted by atomic mass is 35.5. The van der Waals surface area contributed by atoms with Gasteiger partial charge in [0.15, 0.2) is 0 Å². The molecule has 2 aromatic carbocycles. The number of hydrogen-bond donors (Lipinski definition) is 1. The lowest BCUT2D eigenvalue weighted by molar-refractivity contribution is 0.142. The van der Waals surface area contributed by atoms with E-state index in [1.165, 1.54) is 0 Å². The molecule has 1 aliphatic heterocycles. The zero-order chi connectivity index (χ0) is 19.4. The van der Waals surface area contributed by atoms with Gasteiger partial charge in [0.1, 0.15) is 5.75 Å². The fourth-order valence-corrected chi connectivity index (χ4v) is 3.49. The summed E-state index contributed by atoms with van der Waals surface area (Å²) < 4.78 is 5.41. The highest BCUT2D eigenvalue weighted by molar-refractivity contribution is 6.42. The molecule has 8 heteroatoms. The second kappa shape index (κ2) is 9.02. The second-order valence-electron chi connectivity index (χ2n) is 6.28. The van der Waals surface area contributed by atoms with Crippen molar-refractivity contribution in [3.8, 4) is 5.75 Å². The Morgan fingerprint density at radius 2 is 1.78 bits per heavy atom. The number of benzene rings is 2. The smallest absolute Gasteiger partial charge is 0.321 e. The van der Waals surface area contributed by atoms with Gasteiger partial charge in [0.2, 0.25) is 0 Å². The van der Waals surface area contributed by atoms with Gasteiger partial charge in [-0.1, -0.05) is 34.8 Å². The molecule has 1 N–H and O–H groups in total. The largest absolute Gasteiger partial charge is 0.496 e. The molecule has 5 nitrogen and oxygen atoms in total. The van der Waals surface area contributed by atoms with E-state index in [4.69, 9.17) is 39.5 Å². The van der Waals surface area contributed by atoms with Crippen LogP contribution in [0.15, 0.2) is 36.4 Å². The predicted octanol–water partition coefficient (Wildman–Crippen LogP) is 5.01. The number of carbonyl (C=O) groups is 1. The Morgan fingerprint density at radius 1 is 1.04 bits per heavy atom. The molecule has 0 unspecified atom stereocenters. The third-order valence-electron chi connectivity index (χ3n) is 4.47. The van der Waals surface area contributed by atoms with Crippen molar-refractivity contribution in [2.75, 3.05) is 38.6 Å². The zero-order valence-electron chi connectivity index (χ0n) is 14.8. The van der Waals surface area contributed by atoms with Crippen LogP contribution in [0.1, 0.15) is 5.56 Å². The van der Waals surface area contributed by atoms with E-state index in [2.05, 4.69) is 10.2 Å². The van der Waals surface area contributed by atoms with Gasteiger partial charge in [0.25, 0.3) is 0 Å². The van der Waals surface area contributed by atoms with Gasteiger partial charge in [0, 0.05) is 49.0 Å². The average Bonchev–Trinajstić information content (AvgIpc) is 2.65. The van der Waals surface area contributed by atoms with Gasteiger partial charge in [-0.3, -0.25) is 4.90 Å². The molecule has 0 saturated carbocycles. The van der Waals surface area contributed by atoms with E-state index in [0.717, 1.165) is 30.9 Å². The van der Waals surface area contributed by atoms with Crippen molar-refractivity contribution >= 4 is 46.5 Å². The number of urea groups is 1. The molecule has 0 atom stereocenters. The number of nitrogens with zero attached hydrogens (tertiary/aromatic N) is 2. The zero-order valence-corrected chi connectivity index (χ0v) is 17.1. The lowest BCUT2D eigenvalue weighted by Gasteiger charge is -2.35. The van der Waals surface area contributed by atoms with Crippen LogP contribution < -0.4 is 10.1 Å². The van der Waals surface area contributed by atoms with Gasteiger partial charge >= 0.3 is 6.03 Å². The third kappa shape index (κ3) is 5.20. The van der Waals surface area contributed by atoms with Crippen molar-refractivity contribution < 1.29 is 9.53 Å². The Morgan fingerprint density at radius 3 is 2.44 bits per heavy atom. The normalized spacial score (nSPS) is 14.9. The predicted molar refractivity (Wildman–Crippen MR) is 110 cm³/mol. The second-order valence-corrected chi connectivity index (χ2v) is 7.53. The number of nitrogens with one attached hydrogen (secondary N) is 1. The summed E-state index contributed by atoms with van der Waals surface area (Å²) in [5, 5.41) is 4.41. The number of amides is 2. The average molecular weight is 429 g/mol. The lowest BCUT2D eigenvalue weighted by atomic mass is 10.1. The molecule has 0 aromatic heterocycles. The van der Waals surface area contributed by atoms with E-state index in [0.29, 0.717) is 33.8 Å². The maximum Gasteiger partial charge on any atom is 0.321 e. The van der Waals surface area contributed by atoms with Crippen LogP contribution in [0.3, 0.4) is 0 Å². The van der Waals surface area contributed by atoms with Gasteiger partial charge in [-0.15, -0.1) is 0 Å². The Hall–Kier alpha value is -1.66. The van der Waals surface area contributed by atoms with Crippen molar-refractivity contribution in [3.63, 3.8) is 0 Å². The van der Waals surface area contributed by atoms with Gasteiger partial charge < -0.3 is 15.0 Å². The Bertz CT molecular complexity index is 824. The number of ether oxygens (including phenoxy) is 1. The molecule has 0 bridgehead atoms. The van der Waals surface area contributed by atoms with Crippen LogP contribution in [0.25, 0.3) is 0 Å². The van der Waals surface area contributed by atoms with Gasteiger partial charge in [-0.05, 0) is 36.4 Å². The summed E-state index contributed by atoms with van der Waals surface area (Å²) in [6.07, 6.45) is 0. The first-order chi connectivity index (χ1) is 13.0. The van der Waals surface area contributed by atoms with E-state index in [-0.39, 0.29) is 6.03 Å². The van der Waals surface area contributed by atoms with Crippen molar-refractivity contribution in [2.45, 2.75) is 6.54 Å². The van der Waals surface area contributed by atoms with Crippen LogP contribution in [-0.2, 0) is 6.54 Å². The molecule has 0 aliphatic carbocycles. The number of hydrogen-bond acceptors (Lipinski definition) is 3. The molecule has 0 radical (unpaired) electrons. The summed E-state index contributed by atoms with van der Waals surface area (Å²) in [5.74, 6) is 0.819. The minimum atomic E-state index is -0.145. The molecule has 1 aliphatic rings. The summed E-state index contributed by atoms with van der Waals surface area (Å²) in [6.45, 7) is 3.53. The van der Waals surface area contributed by atoms with Crippen molar-refractivity contribution in [2.24, 2.45) is 0 Å². The van der Waals surface area contributed by atoms with Gasteiger partial charge in [0.05, 0.1) is 17.2 Å². The number of piperazine rings is 1. The maximum absolute atomic E-state index is 12.5. The molecule has 3 rings (SSSR count). The van der Waals surface area contributed by atoms with Crippen LogP contribution >= 0.6 is 34.8 Å². The van der Waals surface area contributed by atoms with E-state index >= 15 is 0 Å². The quantitative estimate of drug-likeness (QED) is 0.745. The van der Waals surface area contributed by atoms with Crippen LogP contribution in [0.2, 0.25) is 15.1 Å². The maximum atomic E-state index is 12.5. The van der Waals surface area contributed by atoms with Crippen molar-refractivity contribution in [1.29, 1.82) is 0 Å². The van der Waals surface area contributed by atoms with Crippen molar-refractivity contribution in [1.82, 2.24) is 9.80 Å². The molecule has 1 heterocycles. The Labute approximate surface area is 173 Å². The fourth-order valence-electron chi connectivity index (χ4n) is 3.00. The first-order valence-electron chi connectivity index (χ1n) is 8.52. The third-order valence-corrected chi connectivity index (χ3v) is 5.44. The number of rotatable bonds is 4. The molecule has 2 amide bonds. The van der Waals surface area contributed by atoms with Crippen LogP contribution in [-0.4, -0.2) is 49.1 Å². The Kier molecular flexibility index (Phi) is 6.71. The lowest BCUT2D eigenvalue weighted by Crippen LogP contribution is -2.49. The summed E-state index contributed by atoms with van der Waals surface area (Å²) in [4.78, 5) is 16.5. The number of anilines is 1. The first-order valence-corrected chi connectivity index (χ1v) is 9.65. The van der Waals surface area contributed by atoms with Crippen LogP contribution in [0.5, 0.6) is 5.75 Å². The molecule has 0 spiro atoms. The topological polar surface area (TPSA) is 44.8 Å². The summed E-state index contributed by atoms with van der Waals surface area (Å²) in [7, 11) is 1.65. The standard InChI is InChI=1S/C19H20Cl3N3O2/c1-27-18-5-2-14(20)10-13(18)12-24-6-8-25(9-7-24)19(26)23-15-3-4-16(21)17(22)11-15/h2-5,10-11H,6-9,12H2,1H3,(H,23,26). The SMILES string of the molecule is COc1ccc(Cl)cc1CN1CCN(C(=O)Nc2ccc(Cl)c(Cl)c2)CC1. The van der Waals surface area contributed by atoms with E-state index in [9.17, 15) is 4.79 Å². The molecular formula is C19H20Cl3N3O2. The highest BCUT2D eigenvalue weighted by Gasteiger charge is 2.22. The molecule has 27 heavy (non-hydrogen) atoms. The molecule has 2 aromatic rings. The van der Waals surface area contributed by atoms with Crippen LogP contribution in [0, 0.1) is 0 Å². The molecular weight excluding hydrogens is 409 g/mol. The monoisotopic (exact) mass is 427 g/mol.